The normalized spacial score (nSPS) is 12.2. The number of carbonyl (C=O) groups is 1. The van der Waals surface area contributed by atoms with Crippen molar-refractivity contribution < 1.29 is 19.0 Å². The molecule has 0 saturated carbocycles. The summed E-state index contributed by atoms with van der Waals surface area (Å²) in [5.41, 5.74) is -0.186. The second-order valence-corrected chi connectivity index (χ2v) is 3.50. The number of carboxylic acid groups (broad SMARTS) is 1. The molecule has 0 amide bonds. The third kappa shape index (κ3) is 3.99. The average molecular weight is 242 g/mol. The molecule has 94 valence electrons. The number of carboxylic acids is 1. The summed E-state index contributed by atoms with van der Waals surface area (Å²) < 4.78 is 18.1. The Bertz CT molecular complexity index is 398. The van der Waals surface area contributed by atoms with Gasteiger partial charge in [0.15, 0.2) is 0 Å². The van der Waals surface area contributed by atoms with Gasteiger partial charge in [-0.15, -0.1) is 0 Å². The lowest BCUT2D eigenvalue weighted by Crippen LogP contribution is -2.21. The summed E-state index contributed by atoms with van der Waals surface area (Å²) in [5.74, 6) is -1.75. The van der Waals surface area contributed by atoms with E-state index >= 15 is 0 Å². The number of nitrogens with one attached hydrogen (secondary N) is 1. The number of nitrogens with zero attached hydrogens (tertiary/aromatic N) is 1. The third-order valence-electron chi connectivity index (χ3n) is 2.09. The van der Waals surface area contributed by atoms with Gasteiger partial charge in [-0.2, -0.15) is 0 Å². The largest absolute Gasteiger partial charge is 0.478 e. The predicted octanol–water partition coefficient (Wildman–Crippen LogP) is 1.76. The highest BCUT2D eigenvalue weighted by Gasteiger charge is 2.13. The van der Waals surface area contributed by atoms with E-state index in [0.717, 1.165) is 12.3 Å². The molecule has 1 unspecified atom stereocenters. The van der Waals surface area contributed by atoms with E-state index in [9.17, 15) is 9.18 Å². The average Bonchev–Trinajstić information content (AvgIpc) is 2.27. The molecule has 5 nitrogen and oxygen atoms in total. The van der Waals surface area contributed by atoms with Crippen molar-refractivity contribution in [1.82, 2.24) is 4.98 Å². The standard InChI is InChI=1S/C11H15FN2O3/c1-3-17-7(2)5-13-10-9(11(15)16)4-8(12)6-14-10/h4,6-7H,3,5H2,1-2H3,(H,13,14)(H,15,16). The second kappa shape index (κ2) is 6.15. The Hall–Kier alpha value is -1.69. The summed E-state index contributed by atoms with van der Waals surface area (Å²) in [6.45, 7) is 4.70. The first-order chi connectivity index (χ1) is 8.04. The van der Waals surface area contributed by atoms with Gasteiger partial charge in [-0.25, -0.2) is 14.2 Å². The lowest BCUT2D eigenvalue weighted by molar-refractivity contribution is 0.0695. The van der Waals surface area contributed by atoms with E-state index in [-0.39, 0.29) is 17.5 Å². The van der Waals surface area contributed by atoms with Crippen molar-refractivity contribution >= 4 is 11.8 Å². The van der Waals surface area contributed by atoms with Gasteiger partial charge in [0.05, 0.1) is 12.3 Å². The zero-order chi connectivity index (χ0) is 12.8. The monoisotopic (exact) mass is 242 g/mol. The zero-order valence-electron chi connectivity index (χ0n) is 9.74. The van der Waals surface area contributed by atoms with Crippen molar-refractivity contribution in [3.8, 4) is 0 Å². The van der Waals surface area contributed by atoms with Crippen LogP contribution in [-0.4, -0.2) is 35.3 Å². The van der Waals surface area contributed by atoms with Crippen molar-refractivity contribution in [1.29, 1.82) is 0 Å². The number of hydrogen-bond acceptors (Lipinski definition) is 4. The van der Waals surface area contributed by atoms with Gasteiger partial charge in [-0.05, 0) is 19.9 Å². The Morgan fingerprint density at radius 1 is 1.71 bits per heavy atom. The maximum atomic E-state index is 12.8. The maximum absolute atomic E-state index is 12.8. The molecule has 0 bridgehead atoms. The smallest absolute Gasteiger partial charge is 0.339 e. The molecule has 17 heavy (non-hydrogen) atoms. The van der Waals surface area contributed by atoms with E-state index in [1.807, 2.05) is 13.8 Å². The fourth-order valence-electron chi connectivity index (χ4n) is 1.33. The van der Waals surface area contributed by atoms with E-state index in [1.54, 1.807) is 0 Å². The number of pyridine rings is 1. The van der Waals surface area contributed by atoms with Crippen LogP contribution < -0.4 is 5.32 Å². The van der Waals surface area contributed by atoms with Crippen LogP contribution in [0.3, 0.4) is 0 Å². The topological polar surface area (TPSA) is 71.5 Å². The number of anilines is 1. The second-order valence-electron chi connectivity index (χ2n) is 3.50. The van der Waals surface area contributed by atoms with Gasteiger partial charge in [0.2, 0.25) is 0 Å². The minimum absolute atomic E-state index is 0.0755. The van der Waals surface area contributed by atoms with E-state index < -0.39 is 11.8 Å². The van der Waals surface area contributed by atoms with Crippen molar-refractivity contribution in [2.45, 2.75) is 20.0 Å². The van der Waals surface area contributed by atoms with Gasteiger partial charge < -0.3 is 15.2 Å². The van der Waals surface area contributed by atoms with Crippen LogP contribution in [0.2, 0.25) is 0 Å². The highest BCUT2D eigenvalue weighted by atomic mass is 19.1. The van der Waals surface area contributed by atoms with Gasteiger partial charge in [0, 0.05) is 13.2 Å². The van der Waals surface area contributed by atoms with Crippen LogP contribution in [0.1, 0.15) is 24.2 Å². The Morgan fingerprint density at radius 2 is 2.41 bits per heavy atom. The first kappa shape index (κ1) is 13.4. The summed E-state index contributed by atoms with van der Waals surface area (Å²) in [6, 6.07) is 0.934. The fraction of sp³-hybridized carbons (Fsp3) is 0.455. The highest BCUT2D eigenvalue weighted by molar-refractivity contribution is 5.93. The Balaban J connectivity index is 2.73. The van der Waals surface area contributed by atoms with Crippen LogP contribution in [0.25, 0.3) is 0 Å². The molecular weight excluding hydrogens is 227 g/mol. The first-order valence-electron chi connectivity index (χ1n) is 5.29. The van der Waals surface area contributed by atoms with E-state index in [2.05, 4.69) is 10.3 Å². The molecule has 0 spiro atoms. The van der Waals surface area contributed by atoms with Crippen molar-refractivity contribution in [2.75, 3.05) is 18.5 Å². The fourth-order valence-corrected chi connectivity index (χ4v) is 1.33. The molecule has 1 aromatic rings. The van der Waals surface area contributed by atoms with E-state index in [1.165, 1.54) is 0 Å². The molecule has 1 aromatic heterocycles. The Labute approximate surface area is 98.6 Å². The van der Waals surface area contributed by atoms with E-state index in [0.29, 0.717) is 13.2 Å². The minimum Gasteiger partial charge on any atom is -0.478 e. The predicted molar refractivity (Wildman–Crippen MR) is 60.7 cm³/mol. The van der Waals surface area contributed by atoms with E-state index in [4.69, 9.17) is 9.84 Å². The summed E-state index contributed by atoms with van der Waals surface area (Å²) in [6.07, 6.45) is 0.897. The van der Waals surface area contributed by atoms with Crippen LogP contribution in [0.4, 0.5) is 10.2 Å². The molecule has 0 saturated heterocycles. The molecule has 1 atom stereocenters. The lowest BCUT2D eigenvalue weighted by Gasteiger charge is -2.14. The molecule has 1 heterocycles. The Morgan fingerprint density at radius 3 is 3.00 bits per heavy atom. The lowest BCUT2D eigenvalue weighted by atomic mass is 10.2. The molecule has 0 radical (unpaired) electrons. The maximum Gasteiger partial charge on any atom is 0.339 e. The summed E-state index contributed by atoms with van der Waals surface area (Å²) in [5, 5.41) is 11.7. The quantitative estimate of drug-likeness (QED) is 0.795. The molecular formula is C11H15FN2O3. The number of aromatic nitrogens is 1. The molecule has 0 aliphatic rings. The number of aromatic carboxylic acids is 1. The van der Waals surface area contributed by atoms with Crippen molar-refractivity contribution in [3.63, 3.8) is 0 Å². The molecule has 0 aromatic carbocycles. The van der Waals surface area contributed by atoms with Gasteiger partial charge in [0.1, 0.15) is 17.2 Å². The molecule has 1 rings (SSSR count). The number of hydrogen-bond donors (Lipinski definition) is 2. The molecule has 6 heteroatoms. The van der Waals surface area contributed by atoms with Crippen LogP contribution >= 0.6 is 0 Å². The SMILES string of the molecule is CCOC(C)CNc1ncc(F)cc1C(=O)O. The van der Waals surface area contributed by atoms with Gasteiger partial charge >= 0.3 is 5.97 Å². The van der Waals surface area contributed by atoms with Crippen LogP contribution in [0, 0.1) is 5.82 Å². The zero-order valence-corrected chi connectivity index (χ0v) is 9.74. The molecule has 0 aliphatic heterocycles. The van der Waals surface area contributed by atoms with Crippen molar-refractivity contribution in [2.24, 2.45) is 0 Å². The molecule has 2 N–H and O–H groups in total. The number of ether oxygens (including phenoxy) is 1. The molecule has 0 aliphatic carbocycles. The van der Waals surface area contributed by atoms with Gasteiger partial charge in [-0.3, -0.25) is 0 Å². The van der Waals surface area contributed by atoms with Crippen LogP contribution in [0.5, 0.6) is 0 Å². The highest BCUT2D eigenvalue weighted by Crippen LogP contribution is 2.13. The van der Waals surface area contributed by atoms with Crippen LogP contribution in [-0.2, 0) is 4.74 Å². The van der Waals surface area contributed by atoms with Crippen LogP contribution in [0.15, 0.2) is 12.3 Å². The first-order valence-corrected chi connectivity index (χ1v) is 5.29. The number of halogens is 1. The summed E-state index contributed by atoms with van der Waals surface area (Å²) in [4.78, 5) is 14.6. The molecule has 0 fully saturated rings. The van der Waals surface area contributed by atoms with Crippen molar-refractivity contribution in [3.05, 3.63) is 23.6 Å². The summed E-state index contributed by atoms with van der Waals surface area (Å²) >= 11 is 0. The Kier molecular flexibility index (Phi) is 4.84. The summed E-state index contributed by atoms with van der Waals surface area (Å²) in [7, 11) is 0. The van der Waals surface area contributed by atoms with Gasteiger partial charge in [-0.1, -0.05) is 0 Å². The number of rotatable bonds is 6. The van der Waals surface area contributed by atoms with Gasteiger partial charge in [0.25, 0.3) is 0 Å². The third-order valence-corrected chi connectivity index (χ3v) is 2.09. The minimum atomic E-state index is -1.22.